The second-order valence-corrected chi connectivity index (χ2v) is 7.22. The van der Waals surface area contributed by atoms with Crippen LogP contribution < -0.4 is 5.32 Å². The van der Waals surface area contributed by atoms with Crippen molar-refractivity contribution in [2.75, 3.05) is 11.6 Å². The van der Waals surface area contributed by atoms with Crippen LogP contribution in [-0.2, 0) is 4.79 Å². The molecule has 1 fully saturated rings. The van der Waals surface area contributed by atoms with Crippen molar-refractivity contribution in [1.82, 2.24) is 10.2 Å². The van der Waals surface area contributed by atoms with Crippen LogP contribution in [-0.4, -0.2) is 51.5 Å². The molecule has 2 unspecified atom stereocenters. The zero-order valence-electron chi connectivity index (χ0n) is 14.0. The van der Waals surface area contributed by atoms with Gasteiger partial charge < -0.3 is 15.3 Å². The van der Waals surface area contributed by atoms with Gasteiger partial charge in [0.1, 0.15) is 6.04 Å². The number of carboxylic acid groups (broad SMARTS) is 1. The third kappa shape index (κ3) is 4.08. The Morgan fingerprint density at radius 2 is 1.92 bits per heavy atom. The fraction of sp³-hybridized carbons (Fsp3) is 0.471. The molecule has 6 nitrogen and oxygen atoms in total. The summed E-state index contributed by atoms with van der Waals surface area (Å²) in [6, 6.07) is 5.39. The molecule has 24 heavy (non-hydrogen) atoms. The molecular weight excluding hydrogens is 328 g/mol. The van der Waals surface area contributed by atoms with Gasteiger partial charge in [-0.25, -0.2) is 4.79 Å². The van der Waals surface area contributed by atoms with Crippen molar-refractivity contribution in [3.8, 4) is 0 Å². The van der Waals surface area contributed by atoms with Gasteiger partial charge in [-0.2, -0.15) is 0 Å². The van der Waals surface area contributed by atoms with E-state index in [1.807, 2.05) is 20.8 Å². The van der Waals surface area contributed by atoms with Crippen LogP contribution in [0.15, 0.2) is 24.3 Å². The third-order valence-electron chi connectivity index (χ3n) is 4.17. The van der Waals surface area contributed by atoms with Crippen LogP contribution in [0.25, 0.3) is 0 Å². The van der Waals surface area contributed by atoms with Gasteiger partial charge in [0.05, 0.1) is 11.4 Å². The SMILES string of the molecule is CC(C)C(C)NC(=O)C1CSCN1C(=O)c1cccc(C(=O)O)c1. The monoisotopic (exact) mass is 350 g/mol. The molecule has 1 saturated heterocycles. The summed E-state index contributed by atoms with van der Waals surface area (Å²) < 4.78 is 0. The Morgan fingerprint density at radius 3 is 2.54 bits per heavy atom. The normalized spacial score (nSPS) is 18.5. The molecule has 2 atom stereocenters. The van der Waals surface area contributed by atoms with Gasteiger partial charge in [-0.15, -0.1) is 11.8 Å². The van der Waals surface area contributed by atoms with E-state index >= 15 is 0 Å². The predicted molar refractivity (Wildman–Crippen MR) is 93.1 cm³/mol. The largest absolute Gasteiger partial charge is 0.478 e. The van der Waals surface area contributed by atoms with Gasteiger partial charge >= 0.3 is 5.97 Å². The third-order valence-corrected chi connectivity index (χ3v) is 5.18. The lowest BCUT2D eigenvalue weighted by atomic mass is 10.1. The van der Waals surface area contributed by atoms with Crippen LogP contribution in [0.2, 0.25) is 0 Å². The molecule has 7 heteroatoms. The summed E-state index contributed by atoms with van der Waals surface area (Å²) in [5.74, 6) is -0.296. The minimum Gasteiger partial charge on any atom is -0.478 e. The number of carboxylic acids is 1. The van der Waals surface area contributed by atoms with Gasteiger partial charge in [0.15, 0.2) is 0 Å². The maximum absolute atomic E-state index is 12.7. The molecule has 0 spiro atoms. The zero-order chi connectivity index (χ0) is 17.9. The van der Waals surface area contributed by atoms with E-state index in [-0.39, 0.29) is 29.0 Å². The molecule has 1 aliphatic heterocycles. The van der Waals surface area contributed by atoms with Gasteiger partial charge in [-0.3, -0.25) is 9.59 Å². The van der Waals surface area contributed by atoms with Gasteiger partial charge in [-0.1, -0.05) is 19.9 Å². The fourth-order valence-electron chi connectivity index (χ4n) is 2.30. The zero-order valence-corrected chi connectivity index (χ0v) is 14.8. The Hall–Kier alpha value is -2.02. The van der Waals surface area contributed by atoms with Crippen molar-refractivity contribution in [3.63, 3.8) is 0 Å². The average molecular weight is 350 g/mol. The van der Waals surface area contributed by atoms with E-state index in [4.69, 9.17) is 5.11 Å². The first-order valence-electron chi connectivity index (χ1n) is 7.83. The fourth-order valence-corrected chi connectivity index (χ4v) is 3.45. The van der Waals surface area contributed by atoms with Crippen LogP contribution >= 0.6 is 11.8 Å². The van der Waals surface area contributed by atoms with Crippen molar-refractivity contribution in [1.29, 1.82) is 0 Å². The Labute approximate surface area is 145 Å². The first kappa shape index (κ1) is 18.3. The number of aromatic carboxylic acids is 1. The Morgan fingerprint density at radius 1 is 1.25 bits per heavy atom. The summed E-state index contributed by atoms with van der Waals surface area (Å²) in [7, 11) is 0. The quantitative estimate of drug-likeness (QED) is 0.849. The molecule has 1 aromatic carbocycles. The molecule has 0 aromatic heterocycles. The predicted octanol–water partition coefficient (Wildman–Crippen LogP) is 2.06. The van der Waals surface area contributed by atoms with Crippen molar-refractivity contribution >= 4 is 29.5 Å². The highest BCUT2D eigenvalue weighted by Crippen LogP contribution is 2.24. The highest BCUT2D eigenvalue weighted by molar-refractivity contribution is 7.99. The first-order chi connectivity index (χ1) is 11.3. The van der Waals surface area contributed by atoms with Crippen LogP contribution in [0.1, 0.15) is 41.5 Å². The highest BCUT2D eigenvalue weighted by atomic mass is 32.2. The van der Waals surface area contributed by atoms with Gasteiger partial charge in [0, 0.05) is 17.4 Å². The summed E-state index contributed by atoms with van der Waals surface area (Å²) >= 11 is 1.52. The van der Waals surface area contributed by atoms with Crippen molar-refractivity contribution < 1.29 is 19.5 Å². The van der Waals surface area contributed by atoms with Gasteiger partial charge in [-0.05, 0) is 31.0 Å². The molecule has 1 heterocycles. The van der Waals surface area contributed by atoms with Crippen molar-refractivity contribution in [2.45, 2.75) is 32.9 Å². The number of rotatable bonds is 5. The van der Waals surface area contributed by atoms with E-state index in [0.717, 1.165) is 0 Å². The average Bonchev–Trinajstić information content (AvgIpc) is 3.03. The van der Waals surface area contributed by atoms with Crippen LogP contribution in [0, 0.1) is 5.92 Å². The second kappa shape index (κ2) is 7.70. The number of nitrogens with one attached hydrogen (secondary N) is 1. The van der Waals surface area contributed by atoms with E-state index < -0.39 is 12.0 Å². The molecule has 130 valence electrons. The molecule has 2 amide bonds. The topological polar surface area (TPSA) is 86.7 Å². The maximum atomic E-state index is 12.7. The Kier molecular flexibility index (Phi) is 5.88. The Balaban J connectivity index is 2.15. The molecule has 2 N–H and O–H groups in total. The number of thioether (sulfide) groups is 1. The summed E-state index contributed by atoms with van der Waals surface area (Å²) in [5, 5.41) is 12.0. The van der Waals surface area contributed by atoms with Crippen LogP contribution in [0.5, 0.6) is 0 Å². The maximum Gasteiger partial charge on any atom is 0.335 e. The smallest absolute Gasteiger partial charge is 0.335 e. The van der Waals surface area contributed by atoms with E-state index in [0.29, 0.717) is 17.5 Å². The molecule has 0 saturated carbocycles. The summed E-state index contributed by atoms with van der Waals surface area (Å²) in [6.07, 6.45) is 0. The molecule has 0 radical (unpaired) electrons. The molecule has 0 bridgehead atoms. The molecule has 1 aromatic rings. The standard InChI is InChI=1S/C17H22N2O4S/c1-10(2)11(3)18-15(20)14-8-24-9-19(14)16(21)12-5-4-6-13(7-12)17(22)23/h4-7,10-11,14H,8-9H2,1-3H3,(H,18,20)(H,22,23). The van der Waals surface area contributed by atoms with E-state index in [2.05, 4.69) is 5.32 Å². The summed E-state index contributed by atoms with van der Waals surface area (Å²) in [4.78, 5) is 37.7. The minimum absolute atomic E-state index is 0.0235. The lowest BCUT2D eigenvalue weighted by Gasteiger charge is -2.26. The van der Waals surface area contributed by atoms with Crippen molar-refractivity contribution in [2.24, 2.45) is 5.92 Å². The van der Waals surface area contributed by atoms with E-state index in [1.54, 1.807) is 6.07 Å². The van der Waals surface area contributed by atoms with Crippen LogP contribution in [0.4, 0.5) is 0 Å². The number of amides is 2. The lowest BCUT2D eigenvalue weighted by Crippen LogP contribution is -2.50. The number of hydrogen-bond donors (Lipinski definition) is 2. The highest BCUT2D eigenvalue weighted by Gasteiger charge is 2.35. The van der Waals surface area contributed by atoms with E-state index in [9.17, 15) is 14.4 Å². The first-order valence-corrected chi connectivity index (χ1v) is 8.99. The summed E-state index contributed by atoms with van der Waals surface area (Å²) in [5.41, 5.74) is 0.342. The number of carbonyl (C=O) groups is 3. The molecule has 1 aliphatic rings. The Bertz CT molecular complexity index is 647. The van der Waals surface area contributed by atoms with Crippen molar-refractivity contribution in [3.05, 3.63) is 35.4 Å². The number of nitrogens with zero attached hydrogens (tertiary/aromatic N) is 1. The second-order valence-electron chi connectivity index (χ2n) is 6.22. The van der Waals surface area contributed by atoms with Crippen LogP contribution in [0.3, 0.4) is 0 Å². The lowest BCUT2D eigenvalue weighted by molar-refractivity contribution is -0.125. The number of hydrogen-bond acceptors (Lipinski definition) is 4. The molecule has 2 rings (SSSR count). The number of benzene rings is 1. The van der Waals surface area contributed by atoms with Gasteiger partial charge in [0.25, 0.3) is 5.91 Å². The minimum atomic E-state index is -1.08. The van der Waals surface area contributed by atoms with Gasteiger partial charge in [0.2, 0.25) is 5.91 Å². The summed E-state index contributed by atoms with van der Waals surface area (Å²) in [6.45, 7) is 5.98. The number of carbonyl (C=O) groups excluding carboxylic acids is 2. The van der Waals surface area contributed by atoms with E-state index in [1.165, 1.54) is 34.9 Å². The molecular formula is C17H22N2O4S. The molecule has 0 aliphatic carbocycles.